The molecule has 3 heteroatoms. The fraction of sp³-hybridized carbons (Fsp3) is 0.0476. The predicted molar refractivity (Wildman–Crippen MR) is 93.3 cm³/mol. The van der Waals surface area contributed by atoms with Crippen molar-refractivity contribution in [2.45, 2.75) is 0 Å². The van der Waals surface area contributed by atoms with Crippen LogP contribution in [0.3, 0.4) is 0 Å². The highest BCUT2D eigenvalue weighted by Gasteiger charge is 1.98. The summed E-state index contributed by atoms with van der Waals surface area (Å²) in [5.41, 5.74) is 0. The Morgan fingerprint density at radius 3 is 2.17 bits per heavy atom. The summed E-state index contributed by atoms with van der Waals surface area (Å²) >= 11 is 0. The van der Waals surface area contributed by atoms with E-state index in [4.69, 9.17) is 4.74 Å². The summed E-state index contributed by atoms with van der Waals surface area (Å²) in [6.07, 6.45) is 0. The van der Waals surface area contributed by atoms with E-state index in [0.29, 0.717) is 5.39 Å². The molecule has 4 rings (SSSR count). The third-order valence-electron chi connectivity index (χ3n) is 3.78. The van der Waals surface area contributed by atoms with Gasteiger partial charge in [0, 0.05) is 5.39 Å². The van der Waals surface area contributed by atoms with Gasteiger partial charge in [-0.15, -0.1) is 11.5 Å². The molecule has 0 heterocycles. The van der Waals surface area contributed by atoms with Gasteiger partial charge in [0.25, 0.3) is 0 Å². The molecule has 0 unspecified atom stereocenters. The van der Waals surface area contributed by atoms with Gasteiger partial charge in [-0.25, -0.2) is 0 Å². The SMILES string of the molecule is COc1cccc2c([O-])cccc12.[O-]c1ccc2ccccc2c1. The Labute approximate surface area is 140 Å². The molecule has 0 saturated heterocycles. The van der Waals surface area contributed by atoms with E-state index in [1.54, 1.807) is 37.4 Å². The molecule has 4 aromatic carbocycles. The summed E-state index contributed by atoms with van der Waals surface area (Å²) in [7, 11) is 1.60. The van der Waals surface area contributed by atoms with Crippen LogP contribution < -0.4 is 14.9 Å². The minimum atomic E-state index is 0.0383. The van der Waals surface area contributed by atoms with Crippen molar-refractivity contribution in [2.75, 3.05) is 7.11 Å². The lowest BCUT2D eigenvalue weighted by atomic mass is 10.1. The fourth-order valence-corrected chi connectivity index (χ4v) is 2.60. The molecule has 0 aliphatic carbocycles. The Kier molecular flexibility index (Phi) is 4.52. The zero-order valence-electron chi connectivity index (χ0n) is 13.2. The Morgan fingerprint density at radius 2 is 1.38 bits per heavy atom. The molecule has 0 fully saturated rings. The van der Waals surface area contributed by atoms with E-state index in [9.17, 15) is 10.2 Å². The van der Waals surface area contributed by atoms with E-state index in [1.165, 1.54) is 0 Å². The largest absolute Gasteiger partial charge is 0.872 e. The smallest absolute Gasteiger partial charge is 0.126 e. The maximum Gasteiger partial charge on any atom is 0.126 e. The zero-order valence-corrected chi connectivity index (χ0v) is 13.2. The first-order chi connectivity index (χ1) is 11.7. The summed E-state index contributed by atoms with van der Waals surface area (Å²) < 4.78 is 5.14. The summed E-state index contributed by atoms with van der Waals surface area (Å²) in [6, 6.07) is 23.6. The standard InChI is InChI=1S/C11H10O2.C10H8O/c1-13-11-7-3-4-8-9(11)5-2-6-10(8)12;11-10-6-5-8-3-1-2-4-9(8)7-10/h2-7,12H,1H3;1-7,11H/p-2. The van der Waals surface area contributed by atoms with Crippen LogP contribution in [0.25, 0.3) is 21.5 Å². The van der Waals surface area contributed by atoms with Crippen LogP contribution in [0.1, 0.15) is 0 Å². The minimum Gasteiger partial charge on any atom is -0.872 e. The molecule has 120 valence electrons. The van der Waals surface area contributed by atoms with Crippen molar-refractivity contribution in [3.8, 4) is 17.2 Å². The summed E-state index contributed by atoms with van der Waals surface area (Å²) in [6.45, 7) is 0. The second kappa shape index (κ2) is 6.92. The van der Waals surface area contributed by atoms with E-state index in [2.05, 4.69) is 0 Å². The second-order valence-corrected chi connectivity index (χ2v) is 5.32. The third kappa shape index (κ3) is 3.25. The second-order valence-electron chi connectivity index (χ2n) is 5.32. The zero-order chi connectivity index (χ0) is 16.9. The number of methoxy groups -OCH3 is 1. The van der Waals surface area contributed by atoms with Crippen LogP contribution in [0, 0.1) is 0 Å². The van der Waals surface area contributed by atoms with Gasteiger partial charge in [0.1, 0.15) is 5.75 Å². The molecule has 0 radical (unpaired) electrons. The Hall–Kier alpha value is -3.20. The van der Waals surface area contributed by atoms with Gasteiger partial charge in [-0.1, -0.05) is 72.8 Å². The number of ether oxygens (including phenoxy) is 1. The topological polar surface area (TPSA) is 55.3 Å². The molecule has 0 atom stereocenters. The van der Waals surface area contributed by atoms with Crippen molar-refractivity contribution in [3.05, 3.63) is 78.9 Å². The van der Waals surface area contributed by atoms with Crippen LogP contribution in [0.5, 0.6) is 17.2 Å². The molecule has 0 aromatic heterocycles. The summed E-state index contributed by atoms with van der Waals surface area (Å²) in [4.78, 5) is 0. The Balaban J connectivity index is 0.000000143. The van der Waals surface area contributed by atoms with Gasteiger partial charge in [0.2, 0.25) is 0 Å². The first-order valence-electron chi connectivity index (χ1n) is 7.57. The maximum atomic E-state index is 11.4. The highest BCUT2D eigenvalue weighted by Crippen LogP contribution is 2.29. The molecule has 0 N–H and O–H groups in total. The van der Waals surface area contributed by atoms with Crippen LogP contribution in [-0.2, 0) is 0 Å². The number of rotatable bonds is 1. The van der Waals surface area contributed by atoms with Gasteiger partial charge in [-0.3, -0.25) is 0 Å². The predicted octanol–water partition coefficient (Wildman–Crippen LogP) is 3.84. The molecular formula is C21H16O3-2. The molecule has 0 aliphatic rings. The van der Waals surface area contributed by atoms with E-state index in [0.717, 1.165) is 21.9 Å². The number of benzene rings is 4. The lowest BCUT2D eigenvalue weighted by Crippen LogP contribution is -1.91. The molecule has 0 saturated carbocycles. The summed E-state index contributed by atoms with van der Waals surface area (Å²) in [5.74, 6) is 0.857. The lowest BCUT2D eigenvalue weighted by molar-refractivity contribution is -0.268. The van der Waals surface area contributed by atoms with E-state index < -0.39 is 0 Å². The molecule has 0 bridgehead atoms. The third-order valence-corrected chi connectivity index (χ3v) is 3.78. The molecule has 0 aliphatic heterocycles. The Morgan fingerprint density at radius 1 is 0.667 bits per heavy atom. The number of fused-ring (bicyclic) bond motifs is 2. The normalized spacial score (nSPS) is 10.2. The van der Waals surface area contributed by atoms with E-state index in [1.807, 2.05) is 48.5 Å². The first kappa shape index (κ1) is 15.7. The van der Waals surface area contributed by atoms with Crippen LogP contribution in [0.2, 0.25) is 0 Å². The molecule has 0 spiro atoms. The van der Waals surface area contributed by atoms with Crippen molar-refractivity contribution < 1.29 is 14.9 Å². The van der Waals surface area contributed by atoms with Crippen molar-refractivity contribution in [2.24, 2.45) is 0 Å². The van der Waals surface area contributed by atoms with Gasteiger partial charge >= 0.3 is 0 Å². The van der Waals surface area contributed by atoms with Crippen molar-refractivity contribution in [3.63, 3.8) is 0 Å². The monoisotopic (exact) mass is 316 g/mol. The number of hydrogen-bond donors (Lipinski definition) is 0. The first-order valence-corrected chi connectivity index (χ1v) is 7.57. The summed E-state index contributed by atoms with van der Waals surface area (Å²) in [5, 5.41) is 26.0. The molecule has 0 amide bonds. The quantitative estimate of drug-likeness (QED) is 0.536. The fourth-order valence-electron chi connectivity index (χ4n) is 2.60. The van der Waals surface area contributed by atoms with Crippen molar-refractivity contribution in [1.82, 2.24) is 0 Å². The van der Waals surface area contributed by atoms with E-state index in [-0.39, 0.29) is 11.5 Å². The van der Waals surface area contributed by atoms with Gasteiger partial charge < -0.3 is 14.9 Å². The minimum absolute atomic E-state index is 0.0383. The van der Waals surface area contributed by atoms with E-state index >= 15 is 0 Å². The molecule has 3 nitrogen and oxygen atoms in total. The Bertz CT molecular complexity index is 977. The van der Waals surface area contributed by atoms with Crippen LogP contribution in [0.4, 0.5) is 0 Å². The van der Waals surface area contributed by atoms with Crippen molar-refractivity contribution >= 4 is 21.5 Å². The highest BCUT2D eigenvalue weighted by atomic mass is 16.5. The highest BCUT2D eigenvalue weighted by molar-refractivity contribution is 5.92. The van der Waals surface area contributed by atoms with Crippen LogP contribution in [0.15, 0.2) is 78.9 Å². The van der Waals surface area contributed by atoms with Gasteiger partial charge in [-0.2, -0.15) is 0 Å². The van der Waals surface area contributed by atoms with Crippen molar-refractivity contribution in [1.29, 1.82) is 0 Å². The van der Waals surface area contributed by atoms with Gasteiger partial charge in [0.05, 0.1) is 7.11 Å². The molecular weight excluding hydrogens is 300 g/mol. The van der Waals surface area contributed by atoms with Crippen LogP contribution >= 0.6 is 0 Å². The lowest BCUT2D eigenvalue weighted by Gasteiger charge is -2.11. The van der Waals surface area contributed by atoms with Gasteiger partial charge in [-0.05, 0) is 22.2 Å². The molecule has 24 heavy (non-hydrogen) atoms. The molecule has 4 aromatic rings. The van der Waals surface area contributed by atoms with Crippen LogP contribution in [-0.4, -0.2) is 7.11 Å². The number of hydrogen-bond acceptors (Lipinski definition) is 3. The average Bonchev–Trinajstić information content (AvgIpc) is 2.62. The average molecular weight is 316 g/mol. The maximum absolute atomic E-state index is 11.4. The van der Waals surface area contributed by atoms with Gasteiger partial charge in [0.15, 0.2) is 0 Å².